The number of fused-ring (bicyclic) bond motifs is 8. The van der Waals surface area contributed by atoms with Crippen molar-refractivity contribution in [2.75, 3.05) is 0 Å². The van der Waals surface area contributed by atoms with Crippen LogP contribution in [0.25, 0.3) is 211 Å². The molecule has 0 saturated carbocycles. The largest absolute Gasteiger partial charge is 0.268 e. The molecule has 0 bridgehead atoms. The average molecular weight is 1540 g/mol. The van der Waals surface area contributed by atoms with E-state index in [2.05, 4.69) is 170 Å². The van der Waals surface area contributed by atoms with Gasteiger partial charge in [0.1, 0.15) is 22.6 Å². The minimum Gasteiger partial charge on any atom is -0.268 e. The fourth-order valence-corrected chi connectivity index (χ4v) is 17.2. The molecule has 10 heterocycles. The van der Waals surface area contributed by atoms with Crippen molar-refractivity contribution < 1.29 is 0 Å². The molecule has 14 nitrogen and oxygen atoms in total. The molecular weight excluding hydrogens is 1480 g/mol. The fourth-order valence-electron chi connectivity index (χ4n) is 17.2. The SMILES string of the molecule is O=c1c2ccccc2nc2cc(-c3ccccc3-c3cc(-c4ccccc4-c4ccc(-c5ccc(-c6ccccc6-c6cc(-c7ccccc7-c7ccn8c(=O)c9ccccc9nc8c7)cc(-c7ccccc7-c7ccn8c(=O)c9ccccc9nc8c7)c6)cn5)nc4)cc(-c4ccccc4-c4ccn5c(=O)c6ccccc6nc5c4)c3)ccn12. The van der Waals surface area contributed by atoms with Gasteiger partial charge < -0.3 is 0 Å². The molecule has 0 aliphatic rings. The zero-order valence-corrected chi connectivity index (χ0v) is 64.1. The molecule has 22 aromatic rings. The third kappa shape index (κ3) is 12.2. The molecule has 10 aromatic heterocycles. The van der Waals surface area contributed by atoms with E-state index in [4.69, 9.17) is 29.9 Å². The number of nitrogens with zero attached hydrogens (tertiary/aromatic N) is 10. The van der Waals surface area contributed by atoms with Crippen LogP contribution < -0.4 is 22.2 Å². The van der Waals surface area contributed by atoms with Gasteiger partial charge in [0.2, 0.25) is 0 Å². The van der Waals surface area contributed by atoms with Crippen molar-refractivity contribution in [3.05, 3.63) is 430 Å². The molecule has 0 N–H and O–H groups in total. The molecule has 0 aliphatic carbocycles. The first-order chi connectivity index (χ1) is 59.1. The lowest BCUT2D eigenvalue weighted by molar-refractivity contribution is 1.08. The zero-order chi connectivity index (χ0) is 80.1. The normalized spacial score (nSPS) is 11.6. The Morgan fingerprint density at radius 3 is 0.575 bits per heavy atom. The van der Waals surface area contributed by atoms with Crippen molar-refractivity contribution in [2.45, 2.75) is 0 Å². The van der Waals surface area contributed by atoms with E-state index in [0.29, 0.717) is 77.6 Å². The number of para-hydroxylation sites is 4. The van der Waals surface area contributed by atoms with Gasteiger partial charge in [0.15, 0.2) is 0 Å². The van der Waals surface area contributed by atoms with Crippen molar-refractivity contribution >= 4 is 66.2 Å². The van der Waals surface area contributed by atoms with Crippen LogP contribution >= 0.6 is 0 Å². The summed E-state index contributed by atoms with van der Waals surface area (Å²) in [6.07, 6.45) is 11.1. The van der Waals surface area contributed by atoms with Crippen molar-refractivity contribution in [1.82, 2.24) is 47.5 Å². The lowest BCUT2D eigenvalue weighted by Crippen LogP contribution is -2.14. The van der Waals surface area contributed by atoms with E-state index < -0.39 is 0 Å². The summed E-state index contributed by atoms with van der Waals surface area (Å²) >= 11 is 0. The number of pyridine rings is 6. The van der Waals surface area contributed by atoms with Gasteiger partial charge in [-0.3, -0.25) is 46.7 Å². The second-order valence-electron chi connectivity index (χ2n) is 30.0. The van der Waals surface area contributed by atoms with Crippen molar-refractivity contribution in [2.24, 2.45) is 0 Å². The Hall–Kier alpha value is -16.6. The smallest absolute Gasteiger partial charge is 0.265 e. The Balaban J connectivity index is 0.630. The molecule has 12 aromatic carbocycles. The van der Waals surface area contributed by atoms with Gasteiger partial charge >= 0.3 is 0 Å². The highest BCUT2D eigenvalue weighted by Gasteiger charge is 2.23. The summed E-state index contributed by atoms with van der Waals surface area (Å²) in [6, 6.07) is 118. The first-order valence-corrected chi connectivity index (χ1v) is 39.6. The van der Waals surface area contributed by atoms with E-state index in [1.54, 1.807) is 17.6 Å². The molecule has 22 rings (SSSR count). The lowest BCUT2D eigenvalue weighted by Gasteiger charge is -2.18. The van der Waals surface area contributed by atoms with Crippen LogP contribution in [0.3, 0.4) is 0 Å². The Morgan fingerprint density at radius 1 is 0.175 bits per heavy atom. The number of rotatable bonds is 13. The Labute approximate surface area is 684 Å². The zero-order valence-electron chi connectivity index (χ0n) is 64.1. The van der Waals surface area contributed by atoms with E-state index >= 15 is 0 Å². The number of hydrogen-bond acceptors (Lipinski definition) is 10. The van der Waals surface area contributed by atoms with E-state index in [1.165, 1.54) is 0 Å². The van der Waals surface area contributed by atoms with Crippen LogP contribution in [0.4, 0.5) is 0 Å². The van der Waals surface area contributed by atoms with Gasteiger partial charge in [0.05, 0.1) is 55.0 Å². The van der Waals surface area contributed by atoms with E-state index in [9.17, 15) is 19.2 Å². The predicted molar refractivity (Wildman–Crippen MR) is 483 cm³/mol. The second kappa shape index (κ2) is 28.8. The standard InChI is InChI=1S/C106H64N10O4/c117-103-89-33-13-17-37-93(89)109-99-59-65(45-49-113(99)103)77-21-1-7-27-83(77)71-53-72(84-28-8-2-22-78(84)66-46-50-114-100(60-66)110-94-38-18-14-34-90(94)104(114)118)56-75(55-71)87-31-11-5-25-81(87)69-41-43-97(107-63-69)98-44-42-70(64-108-98)82-26-6-12-32-88(82)76-57-73(85-29-9-3-23-79(85)67-47-51-115-101(61-67)111-95-39-19-15-35-91(95)105(115)119)54-74(58-76)86-30-10-4-24-80(86)68-48-52-116-102(62-68)112-96-40-20-16-36-92(96)106(116)120/h1-64H. The highest BCUT2D eigenvalue weighted by molar-refractivity contribution is 5.98. The topological polar surface area (TPSA) is 163 Å². The molecule has 14 heteroatoms. The molecule has 562 valence electrons. The molecular formula is C106H64N10O4. The molecule has 0 amide bonds. The Bertz CT molecular complexity index is 7420. The number of hydrogen-bond donors (Lipinski definition) is 0. The van der Waals surface area contributed by atoms with Crippen LogP contribution in [0.15, 0.2) is 408 Å². The van der Waals surface area contributed by atoms with Gasteiger partial charge in [-0.05, 0) is 268 Å². The van der Waals surface area contributed by atoms with Gasteiger partial charge in [-0.15, -0.1) is 0 Å². The number of aromatic nitrogens is 10. The maximum atomic E-state index is 13.9. The summed E-state index contributed by atoms with van der Waals surface area (Å²) in [7, 11) is 0. The van der Waals surface area contributed by atoms with Gasteiger partial charge in [-0.1, -0.05) is 206 Å². The molecule has 0 aliphatic heterocycles. The third-order valence-corrected chi connectivity index (χ3v) is 23.0. The quantitative estimate of drug-likeness (QED) is 0.102. The van der Waals surface area contributed by atoms with E-state index in [1.807, 2.05) is 219 Å². The molecule has 0 fully saturated rings. The van der Waals surface area contributed by atoms with E-state index in [-0.39, 0.29) is 22.2 Å². The van der Waals surface area contributed by atoms with Crippen LogP contribution in [0.1, 0.15) is 0 Å². The molecule has 0 unspecified atom stereocenters. The summed E-state index contributed by atoms with van der Waals surface area (Å²) in [5, 5.41) is 2.22. The Kier molecular flexibility index (Phi) is 16.8. The minimum absolute atomic E-state index is 0.127. The molecule has 0 atom stereocenters. The van der Waals surface area contributed by atoms with Crippen molar-refractivity contribution in [3.63, 3.8) is 0 Å². The van der Waals surface area contributed by atoms with Gasteiger partial charge in [0.25, 0.3) is 22.2 Å². The van der Waals surface area contributed by atoms with Crippen LogP contribution in [-0.2, 0) is 0 Å². The molecule has 0 spiro atoms. The maximum absolute atomic E-state index is 13.9. The minimum atomic E-state index is -0.127. The van der Waals surface area contributed by atoms with Crippen molar-refractivity contribution in [1.29, 1.82) is 0 Å². The summed E-state index contributed by atoms with van der Waals surface area (Å²) in [5.41, 5.74) is 28.6. The number of benzene rings is 12. The summed E-state index contributed by atoms with van der Waals surface area (Å²) < 4.78 is 6.44. The second-order valence-corrected chi connectivity index (χ2v) is 30.0. The summed E-state index contributed by atoms with van der Waals surface area (Å²) in [6.45, 7) is 0. The van der Waals surface area contributed by atoms with E-state index in [0.717, 1.165) is 134 Å². The van der Waals surface area contributed by atoms with Crippen LogP contribution in [0.2, 0.25) is 0 Å². The monoisotopic (exact) mass is 1540 g/mol. The Morgan fingerprint density at radius 2 is 0.367 bits per heavy atom. The maximum Gasteiger partial charge on any atom is 0.265 e. The van der Waals surface area contributed by atoms with Crippen molar-refractivity contribution in [3.8, 4) is 145 Å². The predicted octanol–water partition coefficient (Wildman–Crippen LogP) is 22.8. The first-order valence-electron chi connectivity index (χ1n) is 39.6. The summed E-state index contributed by atoms with van der Waals surface area (Å²) in [5.74, 6) is 0. The average Bonchev–Trinajstić information content (AvgIpc) is 0.769. The summed E-state index contributed by atoms with van der Waals surface area (Å²) in [4.78, 5) is 85.7. The highest BCUT2D eigenvalue weighted by Crippen LogP contribution is 2.46. The molecule has 0 radical (unpaired) electrons. The van der Waals surface area contributed by atoms with Crippen LogP contribution in [0, 0.1) is 0 Å². The molecule has 0 saturated heterocycles. The van der Waals surface area contributed by atoms with Gasteiger partial charge in [0, 0.05) is 48.3 Å². The molecule has 120 heavy (non-hydrogen) atoms. The fraction of sp³-hybridized carbons (Fsp3) is 0. The highest BCUT2D eigenvalue weighted by atomic mass is 16.1. The third-order valence-electron chi connectivity index (χ3n) is 23.0. The first kappa shape index (κ1) is 70.1. The van der Waals surface area contributed by atoms with Gasteiger partial charge in [-0.2, -0.15) is 0 Å². The van der Waals surface area contributed by atoms with Crippen LogP contribution in [0.5, 0.6) is 0 Å². The van der Waals surface area contributed by atoms with Crippen LogP contribution in [-0.4, -0.2) is 47.5 Å². The van der Waals surface area contributed by atoms with Gasteiger partial charge in [-0.25, -0.2) is 19.9 Å². The lowest BCUT2D eigenvalue weighted by atomic mass is 9.86.